The van der Waals surface area contributed by atoms with E-state index in [1.165, 1.54) is 12.8 Å². The first-order chi connectivity index (χ1) is 19.4. The van der Waals surface area contributed by atoms with Gasteiger partial charge in [-0.3, -0.25) is 4.90 Å². The van der Waals surface area contributed by atoms with Gasteiger partial charge in [0.2, 0.25) is 0 Å². The van der Waals surface area contributed by atoms with Crippen LogP contribution in [0.3, 0.4) is 0 Å². The second-order valence-electron chi connectivity index (χ2n) is 13.2. The van der Waals surface area contributed by atoms with Gasteiger partial charge in [-0.15, -0.1) is 0 Å². The second-order valence-corrected chi connectivity index (χ2v) is 13.2. The molecule has 0 bridgehead atoms. The zero-order chi connectivity index (χ0) is 27.2. The van der Waals surface area contributed by atoms with Crippen LogP contribution in [0, 0.1) is 17.2 Å². The van der Waals surface area contributed by atoms with Crippen molar-refractivity contribution in [3.63, 3.8) is 0 Å². The molecule has 1 spiro atoms. The Morgan fingerprint density at radius 3 is 2.95 bits per heavy atom. The van der Waals surface area contributed by atoms with Crippen molar-refractivity contribution in [3.05, 3.63) is 40.1 Å². The highest BCUT2D eigenvalue weighted by molar-refractivity contribution is 5.64. The van der Waals surface area contributed by atoms with Gasteiger partial charge in [-0.2, -0.15) is 15.2 Å². The number of nitriles is 1. The SMILES string of the molecule is CC1CCC2(Cc3nc(OCC45CCCN4CC(F)C5)nc(N4CCC5CC54)c3CO2)c2c1ccc(N)c2C#N. The van der Waals surface area contributed by atoms with Crippen molar-refractivity contribution >= 4 is 11.5 Å². The Morgan fingerprint density at radius 1 is 1.25 bits per heavy atom. The van der Waals surface area contributed by atoms with Gasteiger partial charge in [-0.25, -0.2) is 4.39 Å². The molecule has 40 heavy (non-hydrogen) atoms. The number of aromatic nitrogens is 2. The van der Waals surface area contributed by atoms with E-state index in [1.807, 2.05) is 6.07 Å². The maximum atomic E-state index is 14.4. The Labute approximate surface area is 234 Å². The van der Waals surface area contributed by atoms with E-state index in [0.717, 1.165) is 72.9 Å². The number of hydrogen-bond acceptors (Lipinski definition) is 8. The highest BCUT2D eigenvalue weighted by Crippen LogP contribution is 2.53. The summed E-state index contributed by atoms with van der Waals surface area (Å²) in [5, 5.41) is 10.1. The van der Waals surface area contributed by atoms with Crippen LogP contribution in [0.4, 0.5) is 15.9 Å². The van der Waals surface area contributed by atoms with Crippen LogP contribution in [0.15, 0.2) is 12.1 Å². The lowest BCUT2D eigenvalue weighted by Crippen LogP contribution is -2.44. The highest BCUT2D eigenvalue weighted by Gasteiger charge is 2.52. The van der Waals surface area contributed by atoms with Crippen LogP contribution in [0.1, 0.15) is 85.7 Å². The smallest absolute Gasteiger partial charge is 0.318 e. The van der Waals surface area contributed by atoms with Crippen LogP contribution in [0.25, 0.3) is 0 Å². The molecular weight excluding hydrogens is 507 g/mol. The molecule has 1 aromatic carbocycles. The fourth-order valence-electron chi connectivity index (χ4n) is 8.64. The van der Waals surface area contributed by atoms with Gasteiger partial charge in [-0.1, -0.05) is 13.0 Å². The minimum Gasteiger partial charge on any atom is -0.461 e. The summed E-state index contributed by atoms with van der Waals surface area (Å²) in [7, 11) is 0. The van der Waals surface area contributed by atoms with Gasteiger partial charge in [0, 0.05) is 48.8 Å². The summed E-state index contributed by atoms with van der Waals surface area (Å²) in [6, 6.07) is 7.23. The summed E-state index contributed by atoms with van der Waals surface area (Å²) in [5.74, 6) is 2.02. The molecule has 5 heterocycles. The van der Waals surface area contributed by atoms with E-state index in [-0.39, 0.29) is 5.54 Å². The first-order valence-electron chi connectivity index (χ1n) is 15.0. The summed E-state index contributed by atoms with van der Waals surface area (Å²) < 4.78 is 27.6. The molecule has 6 atom stereocenters. The van der Waals surface area contributed by atoms with Crippen molar-refractivity contribution in [2.75, 3.05) is 36.9 Å². The predicted molar refractivity (Wildman–Crippen MR) is 148 cm³/mol. The fourth-order valence-corrected chi connectivity index (χ4v) is 8.64. The van der Waals surface area contributed by atoms with E-state index in [0.29, 0.717) is 61.8 Å². The first kappa shape index (κ1) is 24.8. The zero-order valence-electron chi connectivity index (χ0n) is 23.2. The van der Waals surface area contributed by atoms with Gasteiger partial charge in [0.05, 0.1) is 23.4 Å². The topological polar surface area (TPSA) is 101 Å². The molecule has 210 valence electrons. The van der Waals surface area contributed by atoms with Gasteiger partial charge in [0.15, 0.2) is 0 Å². The standard InChI is InChI=1S/C31H37FN6O2/c1-18-5-8-31(27-21(18)3-4-24(34)22(27)14-33)13-25-23(16-40-31)28(38-10-6-19-11-26(19)38)36-29(35-25)39-17-30-7-2-9-37(30)15-20(32)12-30/h3-4,18-20,26H,2,5-13,15-17,34H2,1H3. The highest BCUT2D eigenvalue weighted by atomic mass is 19.1. The summed E-state index contributed by atoms with van der Waals surface area (Å²) in [4.78, 5) is 14.7. The van der Waals surface area contributed by atoms with Crippen LogP contribution in [-0.4, -0.2) is 58.9 Å². The van der Waals surface area contributed by atoms with E-state index in [4.69, 9.17) is 25.2 Å². The number of anilines is 2. The first-order valence-corrected chi connectivity index (χ1v) is 15.0. The molecule has 6 aliphatic rings. The van der Waals surface area contributed by atoms with E-state index >= 15 is 0 Å². The Hall–Kier alpha value is -2.96. The molecule has 0 amide bonds. The molecule has 8 rings (SSSR count). The van der Waals surface area contributed by atoms with Crippen molar-refractivity contribution < 1.29 is 13.9 Å². The van der Waals surface area contributed by atoms with Crippen molar-refractivity contribution in [2.24, 2.45) is 5.92 Å². The number of rotatable bonds is 4. The minimum absolute atomic E-state index is 0.254. The summed E-state index contributed by atoms with van der Waals surface area (Å²) in [5.41, 5.74) is 10.5. The third kappa shape index (κ3) is 3.61. The number of nitrogens with zero attached hydrogens (tertiary/aromatic N) is 5. The van der Waals surface area contributed by atoms with Crippen LogP contribution < -0.4 is 15.4 Å². The number of hydrogen-bond donors (Lipinski definition) is 1. The van der Waals surface area contributed by atoms with Crippen LogP contribution in [0.5, 0.6) is 6.01 Å². The maximum absolute atomic E-state index is 14.4. The van der Waals surface area contributed by atoms with Crippen LogP contribution in [-0.2, 0) is 23.4 Å². The molecular formula is C31H37FN6O2. The lowest BCUT2D eigenvalue weighted by Gasteiger charge is -2.45. The molecule has 2 aromatic rings. The normalized spacial score (nSPS) is 35.7. The Kier molecular flexibility index (Phi) is 5.44. The largest absolute Gasteiger partial charge is 0.461 e. The lowest BCUT2D eigenvalue weighted by molar-refractivity contribution is -0.0873. The number of nitrogen functional groups attached to an aromatic ring is 1. The van der Waals surface area contributed by atoms with E-state index in [1.54, 1.807) is 0 Å². The third-order valence-electron chi connectivity index (χ3n) is 10.9. The summed E-state index contributed by atoms with van der Waals surface area (Å²) >= 11 is 0. The van der Waals surface area contributed by atoms with Crippen molar-refractivity contribution in [3.8, 4) is 12.1 Å². The van der Waals surface area contributed by atoms with Gasteiger partial charge >= 0.3 is 6.01 Å². The molecule has 1 aromatic heterocycles. The van der Waals surface area contributed by atoms with E-state index < -0.39 is 11.8 Å². The molecule has 1 saturated carbocycles. The van der Waals surface area contributed by atoms with Gasteiger partial charge < -0.3 is 20.1 Å². The number of fused-ring (bicyclic) bond motifs is 5. The lowest BCUT2D eigenvalue weighted by atomic mass is 9.69. The van der Waals surface area contributed by atoms with Crippen LogP contribution in [0.2, 0.25) is 0 Å². The summed E-state index contributed by atoms with van der Waals surface area (Å²) in [6.07, 6.45) is 6.48. The van der Waals surface area contributed by atoms with Crippen molar-refractivity contribution in [1.29, 1.82) is 5.26 Å². The van der Waals surface area contributed by atoms with E-state index in [2.05, 4.69) is 28.9 Å². The molecule has 2 aliphatic carbocycles. The van der Waals surface area contributed by atoms with E-state index in [9.17, 15) is 9.65 Å². The quantitative estimate of drug-likeness (QED) is 0.567. The molecule has 9 heteroatoms. The molecule has 2 N–H and O–H groups in total. The number of alkyl halides is 1. The van der Waals surface area contributed by atoms with Gasteiger partial charge in [0.25, 0.3) is 0 Å². The fraction of sp³-hybridized carbons (Fsp3) is 0.645. The third-order valence-corrected chi connectivity index (χ3v) is 10.9. The molecule has 0 radical (unpaired) electrons. The number of nitrogens with two attached hydrogens (primary N) is 1. The average molecular weight is 545 g/mol. The number of piperidine rings is 1. The Balaban J connectivity index is 1.18. The maximum Gasteiger partial charge on any atom is 0.318 e. The van der Waals surface area contributed by atoms with Gasteiger partial charge in [0.1, 0.15) is 30.3 Å². The van der Waals surface area contributed by atoms with Gasteiger partial charge in [-0.05, 0) is 68.5 Å². The predicted octanol–water partition coefficient (Wildman–Crippen LogP) is 4.35. The average Bonchev–Trinajstić information content (AvgIpc) is 3.26. The van der Waals surface area contributed by atoms with Crippen LogP contribution >= 0.6 is 0 Å². The Morgan fingerprint density at radius 2 is 2.15 bits per heavy atom. The second kappa shape index (κ2) is 8.77. The molecule has 6 unspecified atom stereocenters. The Bertz CT molecular complexity index is 1430. The monoisotopic (exact) mass is 544 g/mol. The number of halogens is 1. The molecule has 4 fully saturated rings. The molecule has 8 nitrogen and oxygen atoms in total. The van der Waals surface area contributed by atoms with Crippen molar-refractivity contribution in [2.45, 2.75) is 94.2 Å². The van der Waals surface area contributed by atoms with Crippen molar-refractivity contribution in [1.82, 2.24) is 14.9 Å². The summed E-state index contributed by atoms with van der Waals surface area (Å²) in [6.45, 7) is 5.43. The molecule has 4 aliphatic heterocycles. The molecule has 3 saturated heterocycles. The number of ether oxygens (including phenoxy) is 2. The number of benzene rings is 1. The minimum atomic E-state index is -0.798. The zero-order valence-corrected chi connectivity index (χ0v) is 23.2.